The second-order valence-electron chi connectivity index (χ2n) is 12.1. The van der Waals surface area contributed by atoms with Crippen molar-refractivity contribution in [2.75, 3.05) is 0 Å². The van der Waals surface area contributed by atoms with Gasteiger partial charge in [0.15, 0.2) is 5.37 Å². The van der Waals surface area contributed by atoms with E-state index in [1.807, 2.05) is 22.7 Å². The van der Waals surface area contributed by atoms with E-state index in [0.29, 0.717) is 11.8 Å². The zero-order valence-electron chi connectivity index (χ0n) is 25.5. The maximum absolute atomic E-state index is 10.7. The molecule has 0 atom stereocenters. The average molecular weight is 685 g/mol. The molecule has 1 aromatic heterocycles. The predicted octanol–water partition coefficient (Wildman–Crippen LogP) is 12.0. The van der Waals surface area contributed by atoms with Gasteiger partial charge in [-0.2, -0.15) is 0 Å². The first-order valence-electron chi connectivity index (χ1n) is 14.8. The third kappa shape index (κ3) is 6.76. The minimum absolute atomic E-state index is 0.487. The van der Waals surface area contributed by atoms with E-state index in [0.717, 1.165) is 0 Å². The first-order valence-corrected chi connectivity index (χ1v) is 18.6. The number of rotatable bonds is 4. The summed E-state index contributed by atoms with van der Waals surface area (Å²) in [4.78, 5) is 1.38. The molecule has 0 saturated heterocycles. The van der Waals surface area contributed by atoms with E-state index < -0.39 is 7.81 Å². The Balaban J connectivity index is 0.000000480. The number of hydrogen-bond donors (Lipinski definition) is 0. The fourth-order valence-corrected chi connectivity index (χ4v) is 7.95. The zero-order chi connectivity index (χ0) is 33.1. The molecule has 0 N–H and O–H groups in total. The normalized spacial score (nSPS) is 15.0. The summed E-state index contributed by atoms with van der Waals surface area (Å²) in [6.07, 6.45) is 2.33. The molecule has 1 aliphatic heterocycles. The van der Waals surface area contributed by atoms with Crippen molar-refractivity contribution in [3.05, 3.63) is 123 Å². The molecule has 0 amide bonds. The Morgan fingerprint density at radius 1 is 0.652 bits per heavy atom. The van der Waals surface area contributed by atoms with Crippen LogP contribution in [-0.2, 0) is 11.4 Å². The van der Waals surface area contributed by atoms with Gasteiger partial charge in [0, 0.05) is 32.5 Å². The van der Waals surface area contributed by atoms with Gasteiger partial charge in [0.2, 0.25) is 16.2 Å². The Labute approximate surface area is 271 Å². The van der Waals surface area contributed by atoms with Gasteiger partial charge in [0.05, 0.1) is 5.22 Å². The van der Waals surface area contributed by atoms with E-state index in [1.165, 1.54) is 75.5 Å². The predicted molar refractivity (Wildman–Crippen MR) is 187 cm³/mol. The van der Waals surface area contributed by atoms with Crippen LogP contribution in [0.1, 0.15) is 61.8 Å². The molecule has 238 valence electrons. The van der Waals surface area contributed by atoms with Crippen molar-refractivity contribution in [1.29, 1.82) is 0 Å². The van der Waals surface area contributed by atoms with Gasteiger partial charge in [-0.1, -0.05) is 100 Å². The second kappa shape index (κ2) is 11.0. The van der Waals surface area contributed by atoms with E-state index >= 15 is 0 Å². The summed E-state index contributed by atoms with van der Waals surface area (Å²) in [5.74, 6) is 0.974. The molecular formula is C37H31F6PS2. The van der Waals surface area contributed by atoms with E-state index in [1.54, 1.807) is 0 Å². The van der Waals surface area contributed by atoms with Crippen molar-refractivity contribution in [2.45, 2.75) is 44.4 Å². The Kier molecular flexibility index (Phi) is 7.74. The molecule has 46 heavy (non-hydrogen) atoms. The van der Waals surface area contributed by atoms with Crippen molar-refractivity contribution in [2.24, 2.45) is 0 Å². The van der Waals surface area contributed by atoms with Gasteiger partial charge in [0.25, 0.3) is 0 Å². The molecule has 5 aliphatic rings. The molecule has 0 fully saturated rings. The average Bonchev–Trinajstić information content (AvgIpc) is 3.66. The van der Waals surface area contributed by atoms with Gasteiger partial charge in [-0.3, -0.25) is 0 Å². The van der Waals surface area contributed by atoms with Crippen LogP contribution in [0.4, 0.5) is 25.2 Å². The minimum atomic E-state index is -10.7. The molecule has 7 rings (SSSR count). The summed E-state index contributed by atoms with van der Waals surface area (Å²) in [6, 6.07) is 32.1. The Hall–Kier alpha value is -3.58. The van der Waals surface area contributed by atoms with E-state index in [4.69, 9.17) is 0 Å². The number of fused-ring (bicyclic) bond motifs is 6. The number of thiophene rings is 1. The van der Waals surface area contributed by atoms with Crippen molar-refractivity contribution >= 4 is 57.6 Å². The topological polar surface area (TPSA) is 0 Å². The molecule has 1 aromatic carbocycles. The van der Waals surface area contributed by atoms with E-state index in [2.05, 4.69) is 129 Å². The first-order chi connectivity index (χ1) is 21.5. The summed E-state index contributed by atoms with van der Waals surface area (Å²) in [5, 5.41) is 8.57. The summed E-state index contributed by atoms with van der Waals surface area (Å²) in [7, 11) is -10.7. The molecule has 0 radical (unpaired) electrons. The van der Waals surface area contributed by atoms with Gasteiger partial charge in [-0.05, 0) is 68.3 Å². The fourth-order valence-electron chi connectivity index (χ4n) is 6.07. The first kappa shape index (κ1) is 32.4. The Morgan fingerprint density at radius 2 is 1.20 bits per heavy atom. The summed E-state index contributed by atoms with van der Waals surface area (Å²) >= 11 is 3.72. The Bertz CT molecular complexity index is 2190. The van der Waals surface area contributed by atoms with Crippen LogP contribution in [0.15, 0.2) is 95.2 Å². The van der Waals surface area contributed by atoms with Crippen LogP contribution >= 0.6 is 19.1 Å². The van der Waals surface area contributed by atoms with Crippen LogP contribution in [0.25, 0.3) is 44.0 Å². The van der Waals surface area contributed by atoms with Gasteiger partial charge in [0.1, 0.15) is 0 Å². The second-order valence-corrected chi connectivity index (χ2v) is 15.8. The summed E-state index contributed by atoms with van der Waals surface area (Å²) < 4.78 is 60.6. The van der Waals surface area contributed by atoms with Crippen LogP contribution in [-0.4, -0.2) is 5.37 Å². The zero-order valence-corrected chi connectivity index (χ0v) is 28.0. The van der Waals surface area contributed by atoms with E-state index in [-0.39, 0.29) is 0 Å². The van der Waals surface area contributed by atoms with Crippen LogP contribution in [0.2, 0.25) is 0 Å². The SMILES string of the molecule is CC(C)c1ccc2c3c(/c(=C(\c4ccccc4)c4c5ccc(C(C)C)ccc-5c5sccc45)c-2cc1)=CC=[S+]3.F[P-](F)(F)(F)(F)F. The molecule has 9 heteroatoms. The molecule has 2 aromatic rings. The van der Waals surface area contributed by atoms with E-state index in [9.17, 15) is 25.2 Å². The third-order valence-corrected chi connectivity index (χ3v) is 10.0. The van der Waals surface area contributed by atoms with Crippen LogP contribution in [0.3, 0.4) is 0 Å². The molecule has 0 saturated carbocycles. The summed E-state index contributed by atoms with van der Waals surface area (Å²) in [6.45, 7) is 9.10. The fraction of sp³-hybridized carbons (Fsp3) is 0.162. The van der Waals surface area contributed by atoms with Crippen LogP contribution < -0.4 is 10.4 Å². The molecule has 0 unspecified atom stereocenters. The molecule has 0 bridgehead atoms. The Morgan fingerprint density at radius 3 is 1.78 bits per heavy atom. The van der Waals surface area contributed by atoms with Crippen LogP contribution in [0.5, 0.6) is 0 Å². The number of halogens is 6. The van der Waals surface area contributed by atoms with Crippen molar-refractivity contribution in [1.82, 2.24) is 0 Å². The molecule has 4 aliphatic carbocycles. The van der Waals surface area contributed by atoms with Gasteiger partial charge >= 0.3 is 33.0 Å². The quantitative estimate of drug-likeness (QED) is 0.0750. The van der Waals surface area contributed by atoms with Gasteiger partial charge in [-0.25, -0.2) is 0 Å². The standard InChI is InChI=1S/C37H31S2.F6P/c1-22(2)24-10-14-27-29(16-12-24)36-31(18-20-38-36)34(27)33(26-8-6-5-7-9-26)35-28-15-11-25(23(3)4)13-17-30(28)37-32(35)19-21-39-37;1-7(2,3,4,5)6/h5-23H,1-4H3;/q+1;-1. The molecular weight excluding hydrogens is 654 g/mol. The van der Waals surface area contributed by atoms with Crippen molar-refractivity contribution in [3.8, 4) is 22.3 Å². The summed E-state index contributed by atoms with van der Waals surface area (Å²) in [5.41, 5.74) is 12.1. The van der Waals surface area contributed by atoms with Crippen LogP contribution in [0, 0.1) is 0 Å². The van der Waals surface area contributed by atoms with Crippen molar-refractivity contribution < 1.29 is 25.2 Å². The maximum atomic E-state index is 9.87. The van der Waals surface area contributed by atoms with Crippen molar-refractivity contribution in [3.63, 3.8) is 0 Å². The van der Waals surface area contributed by atoms with Gasteiger partial charge < -0.3 is 0 Å². The number of hydrogen-bond acceptors (Lipinski definition) is 1. The number of benzene rings is 1. The third-order valence-electron chi connectivity index (χ3n) is 8.14. The monoisotopic (exact) mass is 684 g/mol. The van der Waals surface area contributed by atoms with Gasteiger partial charge in [-0.15, -0.1) is 11.3 Å². The molecule has 0 spiro atoms. The molecule has 2 heterocycles. The molecule has 0 nitrogen and oxygen atoms in total.